The van der Waals surface area contributed by atoms with E-state index in [1.54, 1.807) is 0 Å². The van der Waals surface area contributed by atoms with Crippen LogP contribution in [0.25, 0.3) is 0 Å². The smallest absolute Gasteiger partial charge is 0.223 e. The Kier molecular flexibility index (Phi) is 3.42. The summed E-state index contributed by atoms with van der Waals surface area (Å²) >= 11 is 0. The number of rotatable bonds is 2. The van der Waals surface area contributed by atoms with E-state index in [4.69, 9.17) is 11.5 Å². The van der Waals surface area contributed by atoms with Gasteiger partial charge >= 0.3 is 0 Å². The van der Waals surface area contributed by atoms with Gasteiger partial charge in [-0.3, -0.25) is 4.90 Å². The second-order valence-electron chi connectivity index (χ2n) is 5.47. The van der Waals surface area contributed by atoms with Crippen molar-refractivity contribution in [3.8, 4) is 0 Å². The van der Waals surface area contributed by atoms with Gasteiger partial charge in [-0.25, -0.2) is 0 Å². The summed E-state index contributed by atoms with van der Waals surface area (Å²) in [4.78, 5) is 13.1. The fourth-order valence-corrected chi connectivity index (χ4v) is 3.22. The third-order valence-electron chi connectivity index (χ3n) is 4.23. The van der Waals surface area contributed by atoms with Gasteiger partial charge in [-0.05, 0) is 12.8 Å². The predicted octanol–water partition coefficient (Wildman–Crippen LogP) is 0.706. The van der Waals surface area contributed by atoms with Crippen LogP contribution in [-0.4, -0.2) is 47.1 Å². The van der Waals surface area contributed by atoms with E-state index in [-0.39, 0.29) is 5.95 Å². The molecule has 0 unspecified atom stereocenters. The van der Waals surface area contributed by atoms with Crippen LogP contribution < -0.4 is 16.4 Å². The Morgan fingerprint density at radius 2 is 1.68 bits per heavy atom. The maximum absolute atomic E-state index is 5.72. The minimum Gasteiger partial charge on any atom is -0.383 e. The minimum atomic E-state index is 0.258. The van der Waals surface area contributed by atoms with Crippen LogP contribution in [0.4, 0.5) is 17.6 Å². The van der Waals surface area contributed by atoms with Gasteiger partial charge in [-0.2, -0.15) is 9.97 Å². The van der Waals surface area contributed by atoms with Gasteiger partial charge in [-0.15, -0.1) is 0 Å². The van der Waals surface area contributed by atoms with Crippen LogP contribution in [0.1, 0.15) is 25.7 Å². The molecule has 104 valence electrons. The van der Waals surface area contributed by atoms with Crippen LogP contribution in [0.15, 0.2) is 6.07 Å². The first-order valence-corrected chi connectivity index (χ1v) is 7.11. The van der Waals surface area contributed by atoms with Gasteiger partial charge in [0.25, 0.3) is 0 Å². The van der Waals surface area contributed by atoms with Crippen molar-refractivity contribution >= 4 is 17.6 Å². The maximum Gasteiger partial charge on any atom is 0.223 e. The number of hydrogen-bond donors (Lipinski definition) is 2. The molecule has 1 aromatic rings. The molecule has 1 aromatic heterocycles. The van der Waals surface area contributed by atoms with Crippen molar-refractivity contribution < 1.29 is 0 Å². The fraction of sp³-hybridized carbons (Fsp3) is 0.692. The van der Waals surface area contributed by atoms with E-state index < -0.39 is 0 Å². The van der Waals surface area contributed by atoms with Gasteiger partial charge in [0.05, 0.1) is 0 Å². The molecule has 2 heterocycles. The second-order valence-corrected chi connectivity index (χ2v) is 5.47. The monoisotopic (exact) mass is 262 g/mol. The molecule has 0 aromatic carbocycles. The topological polar surface area (TPSA) is 84.3 Å². The SMILES string of the molecule is Nc1cc(N2CCN(C3CCCC3)CC2)nc(N)n1. The fourth-order valence-electron chi connectivity index (χ4n) is 3.22. The Morgan fingerprint density at radius 1 is 1.00 bits per heavy atom. The van der Waals surface area contributed by atoms with Gasteiger partial charge in [0.2, 0.25) is 5.95 Å². The van der Waals surface area contributed by atoms with Crippen molar-refractivity contribution in [2.45, 2.75) is 31.7 Å². The molecule has 1 saturated carbocycles. The maximum atomic E-state index is 5.72. The standard InChI is InChI=1S/C13H22N6/c14-11-9-12(17-13(15)16-11)19-7-5-18(6-8-19)10-3-1-2-4-10/h9-10H,1-8H2,(H4,14,15,16,17). The van der Waals surface area contributed by atoms with E-state index in [1.165, 1.54) is 25.7 Å². The van der Waals surface area contributed by atoms with E-state index in [0.29, 0.717) is 5.82 Å². The highest BCUT2D eigenvalue weighted by molar-refractivity contribution is 5.50. The molecule has 0 spiro atoms. The minimum absolute atomic E-state index is 0.258. The molecule has 6 heteroatoms. The predicted molar refractivity (Wildman–Crippen MR) is 76.9 cm³/mol. The zero-order chi connectivity index (χ0) is 13.2. The Hall–Kier alpha value is -1.56. The molecule has 1 aliphatic heterocycles. The second kappa shape index (κ2) is 5.21. The first-order valence-electron chi connectivity index (χ1n) is 7.11. The Balaban J connectivity index is 1.63. The molecule has 2 aliphatic rings. The summed E-state index contributed by atoms with van der Waals surface area (Å²) < 4.78 is 0. The normalized spacial score (nSPS) is 22.0. The lowest BCUT2D eigenvalue weighted by atomic mass is 10.2. The van der Waals surface area contributed by atoms with Crippen LogP contribution in [-0.2, 0) is 0 Å². The quantitative estimate of drug-likeness (QED) is 0.816. The molecule has 19 heavy (non-hydrogen) atoms. The zero-order valence-electron chi connectivity index (χ0n) is 11.3. The van der Waals surface area contributed by atoms with Crippen molar-refractivity contribution in [1.29, 1.82) is 0 Å². The lowest BCUT2D eigenvalue weighted by Gasteiger charge is -2.38. The molecule has 2 fully saturated rings. The molecule has 1 aliphatic carbocycles. The summed E-state index contributed by atoms with van der Waals surface area (Å²) in [5, 5.41) is 0. The summed E-state index contributed by atoms with van der Waals surface area (Å²) in [6.45, 7) is 4.20. The summed E-state index contributed by atoms with van der Waals surface area (Å²) in [5.74, 6) is 1.56. The van der Waals surface area contributed by atoms with Crippen LogP contribution in [0.5, 0.6) is 0 Å². The summed E-state index contributed by atoms with van der Waals surface area (Å²) in [7, 11) is 0. The molecular formula is C13H22N6. The summed E-state index contributed by atoms with van der Waals surface area (Å²) in [6, 6.07) is 2.62. The number of hydrogen-bond acceptors (Lipinski definition) is 6. The number of aromatic nitrogens is 2. The molecular weight excluding hydrogens is 240 g/mol. The van der Waals surface area contributed by atoms with E-state index in [9.17, 15) is 0 Å². The highest BCUT2D eigenvalue weighted by atomic mass is 15.3. The molecule has 0 bridgehead atoms. The summed E-state index contributed by atoms with van der Waals surface area (Å²) in [6.07, 6.45) is 5.52. The van der Waals surface area contributed by atoms with Crippen molar-refractivity contribution in [3.05, 3.63) is 6.07 Å². The van der Waals surface area contributed by atoms with Crippen LogP contribution in [0.3, 0.4) is 0 Å². The Bertz CT molecular complexity index is 415. The largest absolute Gasteiger partial charge is 0.383 e. The van der Waals surface area contributed by atoms with E-state index in [0.717, 1.165) is 38.0 Å². The van der Waals surface area contributed by atoms with Gasteiger partial charge in [-0.1, -0.05) is 12.8 Å². The first kappa shape index (κ1) is 12.5. The van der Waals surface area contributed by atoms with Gasteiger partial charge < -0.3 is 16.4 Å². The number of anilines is 3. The van der Waals surface area contributed by atoms with Crippen molar-refractivity contribution in [1.82, 2.24) is 14.9 Å². The lowest BCUT2D eigenvalue weighted by Crippen LogP contribution is -2.50. The average molecular weight is 262 g/mol. The van der Waals surface area contributed by atoms with Crippen molar-refractivity contribution in [2.75, 3.05) is 42.5 Å². The highest BCUT2D eigenvalue weighted by Gasteiger charge is 2.26. The van der Waals surface area contributed by atoms with E-state index in [2.05, 4.69) is 19.8 Å². The lowest BCUT2D eigenvalue weighted by molar-refractivity contribution is 0.187. The van der Waals surface area contributed by atoms with E-state index >= 15 is 0 Å². The van der Waals surface area contributed by atoms with E-state index in [1.807, 2.05) is 6.07 Å². The Morgan fingerprint density at radius 3 is 2.32 bits per heavy atom. The third kappa shape index (κ3) is 2.73. The average Bonchev–Trinajstić information content (AvgIpc) is 2.91. The first-order chi connectivity index (χ1) is 9.22. The number of nitrogens with two attached hydrogens (primary N) is 2. The van der Waals surface area contributed by atoms with Gasteiger partial charge in [0, 0.05) is 38.3 Å². The molecule has 4 N–H and O–H groups in total. The van der Waals surface area contributed by atoms with Gasteiger partial charge in [0.15, 0.2) is 0 Å². The summed E-state index contributed by atoms with van der Waals surface area (Å²) in [5.41, 5.74) is 11.4. The van der Waals surface area contributed by atoms with Crippen LogP contribution >= 0.6 is 0 Å². The zero-order valence-corrected chi connectivity index (χ0v) is 11.3. The number of piperazine rings is 1. The number of nitrogens with zero attached hydrogens (tertiary/aromatic N) is 4. The van der Waals surface area contributed by atoms with Crippen molar-refractivity contribution in [2.24, 2.45) is 0 Å². The van der Waals surface area contributed by atoms with Gasteiger partial charge in [0.1, 0.15) is 11.6 Å². The van der Waals surface area contributed by atoms with Crippen LogP contribution in [0, 0.1) is 0 Å². The van der Waals surface area contributed by atoms with Crippen LogP contribution in [0.2, 0.25) is 0 Å². The highest BCUT2D eigenvalue weighted by Crippen LogP contribution is 2.25. The molecule has 0 amide bonds. The third-order valence-corrected chi connectivity index (χ3v) is 4.23. The molecule has 1 saturated heterocycles. The Labute approximate surface area is 113 Å². The number of nitrogen functional groups attached to an aromatic ring is 2. The van der Waals surface area contributed by atoms with Crippen molar-refractivity contribution in [3.63, 3.8) is 0 Å². The molecule has 3 rings (SSSR count). The molecule has 0 atom stereocenters. The molecule has 6 nitrogen and oxygen atoms in total. The molecule has 0 radical (unpaired) electrons.